The van der Waals surface area contributed by atoms with Crippen molar-refractivity contribution in [3.63, 3.8) is 0 Å². The molecule has 0 nitrogen and oxygen atoms in total. The van der Waals surface area contributed by atoms with Gasteiger partial charge in [-0.15, -0.1) is 0 Å². The molecule has 0 amide bonds. The van der Waals surface area contributed by atoms with E-state index >= 15 is 0 Å². The molecule has 0 bridgehead atoms. The molecule has 0 radical (unpaired) electrons. The first kappa shape index (κ1) is 48.4. The van der Waals surface area contributed by atoms with E-state index in [-0.39, 0.29) is 7.25 Å². The van der Waals surface area contributed by atoms with Gasteiger partial charge in [0.2, 0.25) is 0 Å². The predicted octanol–water partition coefficient (Wildman–Crippen LogP) is 14.7. The van der Waals surface area contributed by atoms with Crippen LogP contribution in [0.15, 0.2) is 71.8 Å². The van der Waals surface area contributed by atoms with Crippen LogP contribution in [0.5, 0.6) is 0 Å². The first-order chi connectivity index (χ1) is 27.5. The summed E-state index contributed by atoms with van der Waals surface area (Å²) in [6.07, 6.45) is 9.45. The minimum absolute atomic E-state index is 0.0780. The van der Waals surface area contributed by atoms with Crippen LogP contribution < -0.4 is 20.7 Å². The molecule has 0 fully saturated rings. The first-order valence-electron chi connectivity index (χ1n) is 23.1. The molecule has 0 saturated heterocycles. The van der Waals surface area contributed by atoms with E-state index in [1.165, 1.54) is 66.8 Å². The zero-order valence-corrected chi connectivity index (χ0v) is 49.9. The monoisotopic (exact) mass is 1000 g/mol. The molecule has 2 atom stereocenters. The van der Waals surface area contributed by atoms with E-state index in [1.807, 2.05) is 0 Å². The quantitative estimate of drug-likeness (QED) is 0.117. The average molecular weight is 1000 g/mol. The van der Waals surface area contributed by atoms with Gasteiger partial charge in [-0.3, -0.25) is 0 Å². The Labute approximate surface area is 379 Å². The SMILES string of the molecule is CCCc1ccc2c(c1-c1cc([Si](C)(C)C)cc([Si](C)(C)C)c1)C=C(C)[CH]2[Zr]([Cl])([Cl])([CH]1C(C)=Cc2c1ccc(CCC)c2-c1cc([Si](C)(C)C)cc([Si](C)(C)C)c1)[SiH](C)C. The van der Waals surface area contributed by atoms with E-state index in [0.29, 0.717) is 0 Å². The van der Waals surface area contributed by atoms with Crippen molar-refractivity contribution in [3.8, 4) is 22.3 Å². The summed E-state index contributed by atoms with van der Waals surface area (Å²) in [5.74, 6) is -1.69. The molecule has 60 heavy (non-hydrogen) atoms. The Bertz CT molecular complexity index is 2170. The molecule has 6 rings (SSSR count). The van der Waals surface area contributed by atoms with Gasteiger partial charge in [-0.05, 0) is 0 Å². The Hall–Kier alpha value is -1.09. The van der Waals surface area contributed by atoms with Gasteiger partial charge in [0, 0.05) is 0 Å². The van der Waals surface area contributed by atoms with Crippen molar-refractivity contribution in [2.75, 3.05) is 0 Å². The van der Waals surface area contributed by atoms with E-state index < -0.39 is 53.8 Å². The van der Waals surface area contributed by atoms with Gasteiger partial charge in [0.05, 0.1) is 0 Å². The van der Waals surface area contributed by atoms with Crippen molar-refractivity contribution in [2.24, 2.45) is 0 Å². The predicted molar refractivity (Wildman–Crippen MR) is 287 cm³/mol. The average Bonchev–Trinajstić information content (AvgIpc) is 3.66. The maximum absolute atomic E-state index is 8.90. The van der Waals surface area contributed by atoms with Gasteiger partial charge in [-0.2, -0.15) is 0 Å². The van der Waals surface area contributed by atoms with Crippen molar-refractivity contribution in [3.05, 3.63) is 105 Å². The molecule has 2 aliphatic rings. The van der Waals surface area contributed by atoms with Crippen molar-refractivity contribution < 1.29 is 15.6 Å². The number of halogens is 2. The summed E-state index contributed by atoms with van der Waals surface area (Å²) in [4.78, 5) is 0. The molecular weight excluding hydrogens is 927 g/mol. The molecular formula is C52H77Cl2Si5Zr. The molecule has 0 heterocycles. The molecule has 4 aromatic rings. The number of hydrogen-bond acceptors (Lipinski definition) is 0. The number of aryl methyl sites for hydroxylation is 2. The molecule has 4 aromatic carbocycles. The zero-order chi connectivity index (χ0) is 44.7. The Morgan fingerprint density at radius 3 is 1.05 bits per heavy atom. The number of benzene rings is 4. The fraction of sp³-hybridized carbons (Fsp3) is 0.462. The van der Waals surface area contributed by atoms with Gasteiger partial charge < -0.3 is 0 Å². The molecule has 0 aromatic heterocycles. The van der Waals surface area contributed by atoms with E-state index in [1.54, 1.807) is 20.7 Å². The Balaban J connectivity index is 1.63. The van der Waals surface area contributed by atoms with Gasteiger partial charge in [0.25, 0.3) is 0 Å². The van der Waals surface area contributed by atoms with Crippen LogP contribution in [0.1, 0.15) is 81.2 Å². The molecule has 0 spiro atoms. The van der Waals surface area contributed by atoms with Crippen LogP contribution in [0.4, 0.5) is 0 Å². The molecule has 0 saturated carbocycles. The summed E-state index contributed by atoms with van der Waals surface area (Å²) in [6.45, 7) is 44.4. The van der Waals surface area contributed by atoms with Gasteiger partial charge >= 0.3 is 383 Å². The Morgan fingerprint density at radius 2 is 0.800 bits per heavy atom. The minimum atomic E-state index is -4.94. The number of allylic oxidation sites excluding steroid dienone is 2. The van der Waals surface area contributed by atoms with Crippen LogP contribution in [0.25, 0.3) is 34.4 Å². The summed E-state index contributed by atoms with van der Waals surface area (Å²) in [7, 11) is 11.4. The van der Waals surface area contributed by atoms with Crippen molar-refractivity contribution in [1.29, 1.82) is 0 Å². The van der Waals surface area contributed by atoms with E-state index in [9.17, 15) is 0 Å². The number of rotatable bonds is 13. The second-order valence-electron chi connectivity index (χ2n) is 23.3. The van der Waals surface area contributed by atoms with Crippen molar-refractivity contribution in [2.45, 2.75) is 152 Å². The first-order valence-corrected chi connectivity index (χ1v) is 53.4. The summed E-state index contributed by atoms with van der Waals surface area (Å²) in [5, 5.41) is 6.26. The third kappa shape index (κ3) is 8.71. The summed E-state index contributed by atoms with van der Waals surface area (Å²) in [5.41, 5.74) is 17.0. The third-order valence-corrected chi connectivity index (χ3v) is 74.5. The summed E-state index contributed by atoms with van der Waals surface area (Å²) < 4.78 is 0.156. The van der Waals surface area contributed by atoms with Crippen LogP contribution >= 0.6 is 17.0 Å². The summed E-state index contributed by atoms with van der Waals surface area (Å²) >= 11 is -4.94. The normalized spacial score (nSPS) is 18.0. The fourth-order valence-electron chi connectivity index (χ4n) is 10.5. The van der Waals surface area contributed by atoms with Crippen LogP contribution in [-0.2, 0) is 28.4 Å². The van der Waals surface area contributed by atoms with Gasteiger partial charge in [0.1, 0.15) is 0 Å². The standard InChI is InChI=1S/2C25H35Si2.C2H7Si.2ClH.Zr/c2*1-9-10-19-11-12-20-13-18(2)14-24(20)25(19)21-15-22(26(3,4)5)17-23(16-21)27(6,7)8;1-3-2;;;/h2*11-17H,9-10H2,1-8H3;3H,1-2H3;2*1H;/q;;;;;+2/p-2. The second-order valence-corrected chi connectivity index (χ2v) is 86.1. The maximum atomic E-state index is 8.90. The Morgan fingerprint density at radius 1 is 0.500 bits per heavy atom. The molecule has 8 heteroatoms. The Kier molecular flexibility index (Phi) is 13.5. The van der Waals surface area contributed by atoms with Gasteiger partial charge in [0.15, 0.2) is 0 Å². The third-order valence-electron chi connectivity index (χ3n) is 14.2. The van der Waals surface area contributed by atoms with Crippen LogP contribution in [-0.4, -0.2) is 38.2 Å². The zero-order valence-electron chi connectivity index (χ0n) is 40.7. The topological polar surface area (TPSA) is 0 Å². The summed E-state index contributed by atoms with van der Waals surface area (Å²) in [6, 6.07) is 25.3. The molecule has 323 valence electrons. The second kappa shape index (κ2) is 16.7. The van der Waals surface area contributed by atoms with E-state index in [2.05, 4.69) is 192 Å². The molecule has 2 aliphatic carbocycles. The molecule has 0 N–H and O–H groups in total. The van der Waals surface area contributed by atoms with Gasteiger partial charge in [-0.25, -0.2) is 0 Å². The van der Waals surface area contributed by atoms with Crippen molar-refractivity contribution in [1.82, 2.24) is 0 Å². The van der Waals surface area contributed by atoms with Crippen LogP contribution in [0, 0.1) is 0 Å². The fourth-order valence-corrected chi connectivity index (χ4v) is 48.4. The van der Waals surface area contributed by atoms with Gasteiger partial charge in [-0.1, -0.05) is 0 Å². The van der Waals surface area contributed by atoms with Crippen LogP contribution in [0.2, 0.25) is 91.7 Å². The number of fused-ring (bicyclic) bond motifs is 2. The van der Waals surface area contributed by atoms with Crippen molar-refractivity contribution >= 4 is 88.1 Å². The molecule has 2 unspecified atom stereocenters. The van der Waals surface area contributed by atoms with Crippen LogP contribution in [0.3, 0.4) is 0 Å². The number of hydrogen-bond donors (Lipinski definition) is 0. The van der Waals surface area contributed by atoms with E-state index in [4.69, 9.17) is 17.0 Å². The molecule has 0 aliphatic heterocycles. The van der Waals surface area contributed by atoms with E-state index in [0.717, 1.165) is 25.7 Å².